The first kappa shape index (κ1) is 13.8. The molecule has 100 valence electrons. The molecule has 0 amide bonds. The molecule has 1 N–H and O–H groups in total. The molecule has 1 atom stereocenters. The molecule has 3 heteroatoms. The lowest BCUT2D eigenvalue weighted by Crippen LogP contribution is -2.02. The maximum Gasteiger partial charge on any atom is 0.119 e. The molecule has 0 bridgehead atoms. The lowest BCUT2D eigenvalue weighted by molar-refractivity contribution is 0.414. The number of para-hydroxylation sites is 1. The Morgan fingerprint density at radius 1 is 1.16 bits per heavy atom. The van der Waals surface area contributed by atoms with E-state index in [1.165, 1.54) is 5.56 Å². The topological polar surface area (TPSA) is 21.3 Å². The van der Waals surface area contributed by atoms with Crippen LogP contribution in [-0.4, -0.2) is 7.11 Å². The van der Waals surface area contributed by atoms with Crippen LogP contribution in [0.15, 0.2) is 48.5 Å². The Balaban J connectivity index is 2.10. The second-order valence-corrected chi connectivity index (χ2v) is 5.06. The lowest BCUT2D eigenvalue weighted by atomic mass is 10.1. The minimum Gasteiger partial charge on any atom is -0.497 e. The molecule has 0 saturated carbocycles. The van der Waals surface area contributed by atoms with Crippen LogP contribution in [0.5, 0.6) is 5.75 Å². The molecular formula is C16H18ClNO. The number of ether oxygens (including phenoxy) is 1. The smallest absolute Gasteiger partial charge is 0.119 e. The first-order valence-corrected chi connectivity index (χ1v) is 6.74. The summed E-state index contributed by atoms with van der Waals surface area (Å²) in [4.78, 5) is 0. The lowest BCUT2D eigenvalue weighted by Gasteiger charge is -2.13. The number of rotatable bonds is 5. The van der Waals surface area contributed by atoms with Gasteiger partial charge in [0.1, 0.15) is 5.75 Å². The number of alkyl halides is 1. The van der Waals surface area contributed by atoms with E-state index in [2.05, 4.69) is 11.4 Å². The Labute approximate surface area is 119 Å². The average molecular weight is 276 g/mol. The highest BCUT2D eigenvalue weighted by Crippen LogP contribution is 2.27. The first-order valence-electron chi connectivity index (χ1n) is 6.30. The van der Waals surface area contributed by atoms with Gasteiger partial charge in [0.05, 0.1) is 12.5 Å². The van der Waals surface area contributed by atoms with Gasteiger partial charge in [-0.05, 0) is 36.2 Å². The van der Waals surface area contributed by atoms with Crippen molar-refractivity contribution in [2.75, 3.05) is 12.4 Å². The monoisotopic (exact) mass is 275 g/mol. The summed E-state index contributed by atoms with van der Waals surface area (Å²) in [6.45, 7) is 2.73. The van der Waals surface area contributed by atoms with Crippen molar-refractivity contribution >= 4 is 17.3 Å². The molecule has 0 radical (unpaired) electrons. The number of nitrogens with one attached hydrogen (secondary N) is 1. The molecule has 0 fully saturated rings. The normalized spacial score (nSPS) is 11.9. The fourth-order valence-electron chi connectivity index (χ4n) is 1.98. The predicted molar refractivity (Wildman–Crippen MR) is 81.0 cm³/mol. The molecule has 1 unspecified atom stereocenters. The third kappa shape index (κ3) is 3.65. The van der Waals surface area contributed by atoms with Crippen molar-refractivity contribution in [1.29, 1.82) is 0 Å². The van der Waals surface area contributed by atoms with Gasteiger partial charge in [-0.1, -0.05) is 30.3 Å². The summed E-state index contributed by atoms with van der Waals surface area (Å²) < 4.78 is 5.22. The van der Waals surface area contributed by atoms with Crippen molar-refractivity contribution in [3.8, 4) is 5.75 Å². The highest BCUT2D eigenvalue weighted by Gasteiger charge is 2.06. The van der Waals surface area contributed by atoms with Crippen molar-refractivity contribution in [2.24, 2.45) is 0 Å². The second-order valence-electron chi connectivity index (χ2n) is 4.41. The quantitative estimate of drug-likeness (QED) is 0.805. The van der Waals surface area contributed by atoms with E-state index >= 15 is 0 Å². The van der Waals surface area contributed by atoms with Gasteiger partial charge in [-0.15, -0.1) is 11.6 Å². The standard InChI is InChI=1S/C16H18ClNO/c1-12(17)15-8-3-4-9-16(15)18-11-13-6-5-7-14(10-13)19-2/h3-10,12,18H,11H2,1-2H3. The van der Waals surface area contributed by atoms with Gasteiger partial charge >= 0.3 is 0 Å². The number of hydrogen-bond acceptors (Lipinski definition) is 2. The summed E-state index contributed by atoms with van der Waals surface area (Å²) in [5.41, 5.74) is 3.37. The molecule has 2 aromatic rings. The number of anilines is 1. The van der Waals surface area contributed by atoms with Gasteiger partial charge in [-0.2, -0.15) is 0 Å². The van der Waals surface area contributed by atoms with Crippen LogP contribution in [0, 0.1) is 0 Å². The molecule has 2 nitrogen and oxygen atoms in total. The van der Waals surface area contributed by atoms with E-state index < -0.39 is 0 Å². The Morgan fingerprint density at radius 3 is 2.68 bits per heavy atom. The summed E-state index contributed by atoms with van der Waals surface area (Å²) in [6.07, 6.45) is 0. The number of methoxy groups -OCH3 is 1. The summed E-state index contributed by atoms with van der Waals surface area (Å²) in [6, 6.07) is 16.1. The van der Waals surface area contributed by atoms with Crippen LogP contribution >= 0.6 is 11.6 Å². The van der Waals surface area contributed by atoms with E-state index in [0.717, 1.165) is 23.5 Å². The van der Waals surface area contributed by atoms with E-state index in [-0.39, 0.29) is 5.38 Å². The van der Waals surface area contributed by atoms with Crippen molar-refractivity contribution in [3.05, 3.63) is 59.7 Å². The van der Waals surface area contributed by atoms with Crippen LogP contribution in [0.2, 0.25) is 0 Å². The Hall–Kier alpha value is -1.67. The van der Waals surface area contributed by atoms with E-state index in [1.807, 2.05) is 49.4 Å². The third-order valence-electron chi connectivity index (χ3n) is 3.01. The Morgan fingerprint density at radius 2 is 1.95 bits per heavy atom. The number of halogens is 1. The van der Waals surface area contributed by atoms with Gasteiger partial charge in [0.2, 0.25) is 0 Å². The molecule has 0 aromatic heterocycles. The summed E-state index contributed by atoms with van der Waals surface area (Å²) in [7, 11) is 1.68. The van der Waals surface area contributed by atoms with E-state index in [1.54, 1.807) is 7.11 Å². The zero-order chi connectivity index (χ0) is 13.7. The minimum atomic E-state index is -0.00555. The van der Waals surface area contributed by atoms with Crippen molar-refractivity contribution in [2.45, 2.75) is 18.8 Å². The molecule has 0 aliphatic carbocycles. The van der Waals surface area contributed by atoms with Gasteiger partial charge in [-0.3, -0.25) is 0 Å². The van der Waals surface area contributed by atoms with Crippen molar-refractivity contribution in [3.63, 3.8) is 0 Å². The van der Waals surface area contributed by atoms with Gasteiger partial charge in [-0.25, -0.2) is 0 Å². The number of benzene rings is 2. The van der Waals surface area contributed by atoms with Crippen LogP contribution in [0.4, 0.5) is 5.69 Å². The molecule has 0 heterocycles. The first-order chi connectivity index (χ1) is 9.20. The zero-order valence-corrected chi connectivity index (χ0v) is 11.9. The summed E-state index contributed by atoms with van der Waals surface area (Å²) >= 11 is 6.18. The van der Waals surface area contributed by atoms with Crippen LogP contribution < -0.4 is 10.1 Å². The molecule has 2 aromatic carbocycles. The van der Waals surface area contributed by atoms with Crippen LogP contribution in [-0.2, 0) is 6.54 Å². The molecule has 2 rings (SSSR count). The highest BCUT2D eigenvalue weighted by atomic mass is 35.5. The van der Waals surface area contributed by atoms with Crippen LogP contribution in [0.3, 0.4) is 0 Å². The summed E-state index contributed by atoms with van der Waals surface area (Å²) in [5, 5.41) is 3.42. The maximum absolute atomic E-state index is 6.18. The molecule has 0 aliphatic rings. The average Bonchev–Trinajstić information content (AvgIpc) is 2.45. The SMILES string of the molecule is COc1cccc(CNc2ccccc2C(C)Cl)c1. The van der Waals surface area contributed by atoms with Crippen LogP contribution in [0.25, 0.3) is 0 Å². The zero-order valence-electron chi connectivity index (χ0n) is 11.2. The fourth-order valence-corrected chi connectivity index (χ4v) is 2.17. The second kappa shape index (κ2) is 6.48. The molecule has 0 aliphatic heterocycles. The predicted octanol–water partition coefficient (Wildman–Crippen LogP) is 4.61. The maximum atomic E-state index is 6.18. The van der Waals surface area contributed by atoms with Gasteiger partial charge in [0, 0.05) is 12.2 Å². The van der Waals surface area contributed by atoms with Crippen molar-refractivity contribution < 1.29 is 4.74 Å². The summed E-state index contributed by atoms with van der Waals surface area (Å²) in [5.74, 6) is 0.873. The highest BCUT2D eigenvalue weighted by molar-refractivity contribution is 6.21. The largest absolute Gasteiger partial charge is 0.497 e. The fraction of sp³-hybridized carbons (Fsp3) is 0.250. The number of hydrogen-bond donors (Lipinski definition) is 1. The third-order valence-corrected chi connectivity index (χ3v) is 3.24. The van der Waals surface area contributed by atoms with E-state index in [9.17, 15) is 0 Å². The van der Waals surface area contributed by atoms with Gasteiger partial charge in [0.25, 0.3) is 0 Å². The van der Waals surface area contributed by atoms with E-state index in [4.69, 9.17) is 16.3 Å². The molecule has 19 heavy (non-hydrogen) atoms. The molecule has 0 saturated heterocycles. The van der Waals surface area contributed by atoms with Crippen LogP contribution in [0.1, 0.15) is 23.4 Å². The van der Waals surface area contributed by atoms with Gasteiger partial charge in [0.15, 0.2) is 0 Å². The van der Waals surface area contributed by atoms with E-state index in [0.29, 0.717) is 0 Å². The Kier molecular flexibility index (Phi) is 4.69. The Bertz CT molecular complexity index is 540. The molecular weight excluding hydrogens is 258 g/mol. The molecule has 0 spiro atoms. The van der Waals surface area contributed by atoms with Gasteiger partial charge < -0.3 is 10.1 Å². The van der Waals surface area contributed by atoms with Crippen molar-refractivity contribution in [1.82, 2.24) is 0 Å². The minimum absolute atomic E-state index is 0.00555.